The molecule has 2 N–H and O–H groups in total. The van der Waals surface area contributed by atoms with E-state index in [0.29, 0.717) is 5.56 Å². The summed E-state index contributed by atoms with van der Waals surface area (Å²) in [6, 6.07) is 12.8. The minimum Gasteiger partial charge on any atom is -0.369 e. The van der Waals surface area contributed by atoms with Crippen molar-refractivity contribution in [2.24, 2.45) is 10.7 Å². The van der Waals surface area contributed by atoms with Gasteiger partial charge >= 0.3 is 0 Å². The van der Waals surface area contributed by atoms with Gasteiger partial charge in [0.2, 0.25) is 5.91 Å². The monoisotopic (exact) mass is 394 g/mol. The van der Waals surface area contributed by atoms with Crippen LogP contribution in [-0.2, 0) is 15.7 Å². The number of guanidine groups is 1. The smallest absolute Gasteiger partial charge is 0.239 e. The molecule has 1 aliphatic heterocycles. The van der Waals surface area contributed by atoms with Crippen molar-refractivity contribution in [3.63, 3.8) is 0 Å². The molecular weight excluding hydrogens is 374 g/mol. The molecule has 7 heteroatoms. The molecule has 5 nitrogen and oxygen atoms in total. The maximum Gasteiger partial charge on any atom is 0.239 e. The van der Waals surface area contributed by atoms with Gasteiger partial charge in [-0.3, -0.25) is 9.69 Å². The number of amides is 1. The minimum atomic E-state index is -1.35. The summed E-state index contributed by atoms with van der Waals surface area (Å²) < 4.78 is 28.2. The average Bonchev–Trinajstić information content (AvgIpc) is 3.48. The van der Waals surface area contributed by atoms with E-state index >= 15 is 0 Å². The fourth-order valence-electron chi connectivity index (χ4n) is 4.09. The second-order valence-corrected chi connectivity index (χ2v) is 7.89. The molecule has 0 saturated heterocycles. The van der Waals surface area contributed by atoms with Gasteiger partial charge in [0, 0.05) is 18.7 Å². The normalized spacial score (nSPS) is 25.3. The first-order chi connectivity index (χ1) is 13.7. The average molecular weight is 394 g/mol. The number of halogens is 2. The Morgan fingerprint density at radius 3 is 2.41 bits per heavy atom. The van der Waals surface area contributed by atoms with Gasteiger partial charge < -0.3 is 5.73 Å². The number of benzene rings is 2. The third kappa shape index (κ3) is 2.87. The van der Waals surface area contributed by atoms with Crippen LogP contribution >= 0.6 is 0 Å². The van der Waals surface area contributed by atoms with Crippen LogP contribution in [0.3, 0.4) is 0 Å². The summed E-state index contributed by atoms with van der Waals surface area (Å²) in [7, 11) is 1.51. The van der Waals surface area contributed by atoms with Gasteiger partial charge in [0.15, 0.2) is 5.96 Å². The Bertz CT molecular complexity index is 1070. The predicted molar refractivity (Wildman–Crippen MR) is 104 cm³/mol. The fraction of sp³-hybridized carbons (Fsp3) is 0.318. The minimum absolute atomic E-state index is 0.0319. The molecule has 1 heterocycles. The number of aliphatic imine (C=N–C) groups is 1. The van der Waals surface area contributed by atoms with E-state index in [1.54, 1.807) is 19.1 Å². The van der Waals surface area contributed by atoms with Crippen LogP contribution in [0.25, 0.3) is 0 Å². The molecule has 0 aromatic heterocycles. The maximum atomic E-state index is 14.7. The molecule has 148 valence electrons. The van der Waals surface area contributed by atoms with Crippen LogP contribution in [-0.4, -0.2) is 23.8 Å². The quantitative estimate of drug-likeness (QED) is 0.867. The first kappa shape index (κ1) is 19.1. The first-order valence-electron chi connectivity index (χ1n) is 9.32. The summed E-state index contributed by atoms with van der Waals surface area (Å²) in [6.07, 6.45) is 1.63. The Morgan fingerprint density at radius 2 is 1.86 bits per heavy atom. The second-order valence-electron chi connectivity index (χ2n) is 7.89. The lowest BCUT2D eigenvalue weighted by Gasteiger charge is -2.41. The van der Waals surface area contributed by atoms with Crippen molar-refractivity contribution >= 4 is 11.9 Å². The van der Waals surface area contributed by atoms with Crippen LogP contribution in [0, 0.1) is 23.0 Å². The second kappa shape index (κ2) is 6.38. The van der Waals surface area contributed by atoms with E-state index in [9.17, 15) is 18.8 Å². The Morgan fingerprint density at radius 1 is 1.21 bits per heavy atom. The van der Waals surface area contributed by atoms with Crippen molar-refractivity contribution < 1.29 is 13.6 Å². The van der Waals surface area contributed by atoms with E-state index in [1.165, 1.54) is 18.0 Å². The summed E-state index contributed by atoms with van der Waals surface area (Å²) >= 11 is 0. The van der Waals surface area contributed by atoms with Crippen molar-refractivity contribution in [1.82, 2.24) is 4.90 Å². The Kier molecular flexibility index (Phi) is 4.19. The Balaban J connectivity index is 1.84. The van der Waals surface area contributed by atoms with Crippen LogP contribution in [0.5, 0.6) is 0 Å². The van der Waals surface area contributed by atoms with Crippen LogP contribution in [0.4, 0.5) is 8.78 Å². The Hall–Kier alpha value is -3.27. The van der Waals surface area contributed by atoms with Crippen molar-refractivity contribution in [3.8, 4) is 6.07 Å². The van der Waals surface area contributed by atoms with E-state index in [0.717, 1.165) is 30.5 Å². The Labute approximate surface area is 167 Å². The van der Waals surface area contributed by atoms with Crippen molar-refractivity contribution in [3.05, 3.63) is 70.8 Å². The SMILES string of the molecule is CN1C(=O)[C@H](c2ccc(C3(C#N)CC3)cc2)[C@@](C)(c2ccc(F)cc2F)N=C1N. The molecular formula is C22H20F2N4O. The molecule has 2 atom stereocenters. The number of nitrogens with two attached hydrogens (primary N) is 1. The molecule has 29 heavy (non-hydrogen) atoms. The molecule has 1 fully saturated rings. The van der Waals surface area contributed by atoms with Gasteiger partial charge in [-0.15, -0.1) is 0 Å². The maximum absolute atomic E-state index is 14.7. The predicted octanol–water partition coefficient (Wildman–Crippen LogP) is 3.31. The highest BCUT2D eigenvalue weighted by molar-refractivity contribution is 6.02. The van der Waals surface area contributed by atoms with Gasteiger partial charge in [0.05, 0.1) is 17.4 Å². The standard InChI is InChI=1S/C22H20F2N4O/c1-21(16-8-7-15(23)11-17(16)24)18(19(29)28(2)20(26)27-21)13-3-5-14(6-4-13)22(12-25)9-10-22/h3-8,11,18H,9-10H2,1-2H3,(H2,26,27)/t18-,21+/m0/s1. The van der Waals surface area contributed by atoms with Gasteiger partial charge in [-0.1, -0.05) is 30.3 Å². The number of nitrogens with zero attached hydrogens (tertiary/aromatic N) is 3. The van der Waals surface area contributed by atoms with Crippen LogP contribution in [0.1, 0.15) is 42.4 Å². The molecule has 1 aliphatic carbocycles. The third-order valence-electron chi connectivity index (χ3n) is 6.07. The molecule has 4 rings (SSSR count). The van der Waals surface area contributed by atoms with Gasteiger partial charge in [-0.25, -0.2) is 13.8 Å². The lowest BCUT2D eigenvalue weighted by atomic mass is 9.74. The van der Waals surface area contributed by atoms with Gasteiger partial charge in [0.25, 0.3) is 0 Å². The fourth-order valence-corrected chi connectivity index (χ4v) is 4.09. The molecule has 0 radical (unpaired) electrons. The number of carbonyl (C=O) groups excluding carboxylic acids is 1. The van der Waals surface area contributed by atoms with Crippen molar-refractivity contribution in [1.29, 1.82) is 5.26 Å². The molecule has 0 spiro atoms. The van der Waals surface area contributed by atoms with Crippen molar-refractivity contribution in [2.75, 3.05) is 7.05 Å². The largest absolute Gasteiger partial charge is 0.369 e. The summed E-state index contributed by atoms with van der Waals surface area (Å²) in [5.41, 5.74) is 5.76. The molecule has 2 aromatic carbocycles. The highest BCUT2D eigenvalue weighted by Gasteiger charge is 2.49. The van der Waals surface area contributed by atoms with Gasteiger partial charge in [0.1, 0.15) is 17.2 Å². The number of carbonyl (C=O) groups is 1. The summed E-state index contributed by atoms with van der Waals surface area (Å²) in [5, 5.41) is 9.40. The van der Waals surface area contributed by atoms with Gasteiger partial charge in [-0.2, -0.15) is 5.26 Å². The first-order valence-corrected chi connectivity index (χ1v) is 9.32. The van der Waals surface area contributed by atoms with E-state index in [-0.39, 0.29) is 17.4 Å². The number of hydrogen-bond acceptors (Lipinski definition) is 4. The molecule has 1 amide bonds. The molecule has 0 bridgehead atoms. The summed E-state index contributed by atoms with van der Waals surface area (Å²) in [4.78, 5) is 18.9. The number of rotatable bonds is 3. The van der Waals surface area contributed by atoms with E-state index in [4.69, 9.17) is 5.73 Å². The highest BCUT2D eigenvalue weighted by atomic mass is 19.1. The van der Waals surface area contributed by atoms with E-state index in [1.807, 2.05) is 12.1 Å². The molecule has 0 unspecified atom stereocenters. The zero-order valence-electron chi connectivity index (χ0n) is 16.1. The zero-order valence-corrected chi connectivity index (χ0v) is 16.1. The topological polar surface area (TPSA) is 82.5 Å². The number of likely N-dealkylation sites (N-methyl/N-ethyl adjacent to an activating group) is 1. The van der Waals surface area contributed by atoms with Crippen LogP contribution in [0.15, 0.2) is 47.5 Å². The summed E-state index contributed by atoms with van der Waals surface area (Å²) in [6.45, 7) is 1.62. The molecule has 1 saturated carbocycles. The van der Waals surface area contributed by atoms with E-state index in [2.05, 4.69) is 11.1 Å². The lowest BCUT2D eigenvalue weighted by molar-refractivity contribution is -0.130. The third-order valence-corrected chi connectivity index (χ3v) is 6.07. The van der Waals surface area contributed by atoms with E-state index < -0.39 is 28.5 Å². The number of hydrogen-bond donors (Lipinski definition) is 1. The number of nitriles is 1. The van der Waals surface area contributed by atoms with Crippen molar-refractivity contribution in [2.45, 2.75) is 36.6 Å². The van der Waals surface area contributed by atoms with Gasteiger partial charge in [-0.05, 0) is 37.0 Å². The molecule has 2 aromatic rings. The van der Waals surface area contributed by atoms with Crippen LogP contribution in [0.2, 0.25) is 0 Å². The summed E-state index contributed by atoms with van der Waals surface area (Å²) in [5.74, 6) is -2.72. The van der Waals surface area contributed by atoms with Crippen LogP contribution < -0.4 is 5.73 Å². The zero-order chi connectivity index (χ0) is 21.0. The highest BCUT2D eigenvalue weighted by Crippen LogP contribution is 2.49. The molecule has 2 aliphatic rings. The lowest BCUT2D eigenvalue weighted by Crippen LogP contribution is -2.52.